The van der Waals surface area contributed by atoms with Crippen LogP contribution in [0.15, 0.2) is 78.9 Å². The number of rotatable bonds is 4. The first-order valence-electron chi connectivity index (χ1n) is 13.7. The van der Waals surface area contributed by atoms with Gasteiger partial charge in [0.05, 0.1) is 11.1 Å². The molecular weight excluding hydrogens is 511 g/mol. The van der Waals surface area contributed by atoms with Crippen molar-refractivity contribution in [1.82, 2.24) is 14.8 Å². The van der Waals surface area contributed by atoms with Crippen LogP contribution in [-0.4, -0.2) is 47.5 Å². The Bertz CT molecular complexity index is 1600. The zero-order chi connectivity index (χ0) is 28.1. The molecule has 3 atom stereocenters. The van der Waals surface area contributed by atoms with Crippen LogP contribution in [0.25, 0.3) is 17.0 Å². The van der Waals surface area contributed by atoms with Gasteiger partial charge in [0.15, 0.2) is 0 Å². The third kappa shape index (κ3) is 4.15. The van der Waals surface area contributed by atoms with E-state index in [9.17, 15) is 13.6 Å². The van der Waals surface area contributed by atoms with Gasteiger partial charge in [0, 0.05) is 35.6 Å². The number of alkyl halides is 1. The minimum absolute atomic E-state index is 0.0227. The van der Waals surface area contributed by atoms with Crippen LogP contribution in [-0.2, 0) is 22.3 Å². The highest BCUT2D eigenvalue weighted by Crippen LogP contribution is 2.54. The molecule has 1 fully saturated rings. The van der Waals surface area contributed by atoms with Crippen molar-refractivity contribution >= 4 is 22.9 Å². The number of fused-ring (bicyclic) bond motifs is 4. The van der Waals surface area contributed by atoms with Crippen LogP contribution in [0, 0.1) is 11.6 Å². The van der Waals surface area contributed by atoms with Crippen molar-refractivity contribution < 1.29 is 18.0 Å². The van der Waals surface area contributed by atoms with Gasteiger partial charge < -0.3 is 9.88 Å². The Hall–Kier alpha value is -3.84. The van der Waals surface area contributed by atoms with Crippen molar-refractivity contribution in [3.05, 3.63) is 113 Å². The third-order valence-electron chi connectivity index (χ3n) is 9.00. The molecule has 1 aliphatic heterocycles. The number of aromatic amines is 1. The Morgan fingerprint density at radius 2 is 1.77 bits per heavy atom. The van der Waals surface area contributed by atoms with Gasteiger partial charge in [-0.2, -0.15) is 0 Å². The van der Waals surface area contributed by atoms with Crippen molar-refractivity contribution in [2.24, 2.45) is 0 Å². The average Bonchev–Trinajstić information content (AvgIpc) is 3.31. The molecule has 1 amide bonds. The standard InChI is InChI=1S/C33H32F3N3O/c1-38(2)33(23-9-6-10-24(34)19-23)17-16-32(21-29(33)36)31-26(27-20-25(35)12-13-28(27)37-31)15-18-39(32)30(40)14-11-22-7-4-3-5-8-22/h3-14,19-20,29,37H,15-18,21H2,1-2H3. The molecular formula is C33H32F3N3O. The highest BCUT2D eigenvalue weighted by molar-refractivity contribution is 5.93. The monoisotopic (exact) mass is 543 g/mol. The summed E-state index contributed by atoms with van der Waals surface area (Å²) in [5.74, 6) is -0.946. The SMILES string of the molecule is CN(C)C1(c2cccc(F)c2)CCC2(CC1F)c1[nH]c3ccc(F)cc3c1CCN2C(=O)C=Cc1ccccc1. The van der Waals surface area contributed by atoms with Gasteiger partial charge in [-0.05, 0) is 86.5 Å². The van der Waals surface area contributed by atoms with E-state index < -0.39 is 23.1 Å². The molecule has 7 heteroatoms. The number of benzene rings is 3. The molecule has 2 heterocycles. The van der Waals surface area contributed by atoms with Gasteiger partial charge in [0.25, 0.3) is 0 Å². The second-order valence-corrected chi connectivity index (χ2v) is 11.2. The fraction of sp³-hybridized carbons (Fsp3) is 0.303. The van der Waals surface area contributed by atoms with E-state index in [-0.39, 0.29) is 18.1 Å². The van der Waals surface area contributed by atoms with E-state index in [1.165, 1.54) is 24.3 Å². The number of hydrogen-bond acceptors (Lipinski definition) is 2. The van der Waals surface area contributed by atoms with E-state index in [1.54, 1.807) is 35.3 Å². The molecule has 1 spiro atoms. The smallest absolute Gasteiger partial charge is 0.247 e. The summed E-state index contributed by atoms with van der Waals surface area (Å²) in [5.41, 5.74) is 1.93. The average molecular weight is 544 g/mol. The first-order valence-corrected chi connectivity index (χ1v) is 13.7. The summed E-state index contributed by atoms with van der Waals surface area (Å²) in [5, 5.41) is 0.770. The number of nitrogens with zero attached hydrogens (tertiary/aromatic N) is 2. The molecule has 4 nitrogen and oxygen atoms in total. The number of amides is 1. The summed E-state index contributed by atoms with van der Waals surface area (Å²) in [4.78, 5) is 20.9. The lowest BCUT2D eigenvalue weighted by Crippen LogP contribution is -2.62. The second kappa shape index (κ2) is 9.97. The van der Waals surface area contributed by atoms with Crippen LogP contribution in [0.1, 0.15) is 41.6 Å². The Kier molecular flexibility index (Phi) is 6.57. The third-order valence-corrected chi connectivity index (χ3v) is 9.00. The number of nitrogens with one attached hydrogen (secondary N) is 1. The summed E-state index contributed by atoms with van der Waals surface area (Å²) in [6.45, 7) is 0.385. The molecule has 0 bridgehead atoms. The van der Waals surface area contributed by atoms with Crippen LogP contribution in [0.3, 0.4) is 0 Å². The van der Waals surface area contributed by atoms with Crippen molar-refractivity contribution in [2.45, 2.75) is 42.9 Å². The lowest BCUT2D eigenvalue weighted by atomic mass is 9.64. The Morgan fingerprint density at radius 1 is 1.00 bits per heavy atom. The number of aromatic nitrogens is 1. The molecule has 0 radical (unpaired) electrons. The molecule has 1 saturated carbocycles. The van der Waals surface area contributed by atoms with Gasteiger partial charge >= 0.3 is 0 Å². The zero-order valence-electron chi connectivity index (χ0n) is 22.6. The molecule has 1 N–H and O–H groups in total. The number of carbonyl (C=O) groups excluding carboxylic acids is 1. The molecule has 206 valence electrons. The van der Waals surface area contributed by atoms with Crippen LogP contribution in [0.5, 0.6) is 0 Å². The van der Waals surface area contributed by atoms with Crippen LogP contribution in [0.2, 0.25) is 0 Å². The van der Waals surface area contributed by atoms with Gasteiger partial charge in [-0.3, -0.25) is 9.69 Å². The van der Waals surface area contributed by atoms with Gasteiger partial charge in [0.1, 0.15) is 17.8 Å². The van der Waals surface area contributed by atoms with Crippen molar-refractivity contribution in [2.75, 3.05) is 20.6 Å². The highest BCUT2D eigenvalue weighted by atomic mass is 19.1. The number of H-pyrrole nitrogens is 1. The molecule has 2 aliphatic rings. The summed E-state index contributed by atoms with van der Waals surface area (Å²) in [6.07, 6.45) is 3.28. The Balaban J connectivity index is 1.46. The lowest BCUT2D eigenvalue weighted by molar-refractivity contribution is -0.141. The predicted octanol–water partition coefficient (Wildman–Crippen LogP) is 6.72. The molecule has 1 aromatic heterocycles. The predicted molar refractivity (Wildman–Crippen MR) is 151 cm³/mol. The molecule has 3 aromatic carbocycles. The van der Waals surface area contributed by atoms with Gasteiger partial charge in [-0.1, -0.05) is 42.5 Å². The maximum absolute atomic E-state index is 16.9. The Labute approximate surface area is 232 Å². The quantitative estimate of drug-likeness (QED) is 0.290. The summed E-state index contributed by atoms with van der Waals surface area (Å²) < 4.78 is 45.5. The van der Waals surface area contributed by atoms with Crippen LogP contribution >= 0.6 is 0 Å². The summed E-state index contributed by atoms with van der Waals surface area (Å²) in [7, 11) is 3.64. The zero-order valence-corrected chi connectivity index (χ0v) is 22.6. The van der Waals surface area contributed by atoms with Gasteiger partial charge in [-0.15, -0.1) is 0 Å². The molecule has 6 rings (SSSR count). The van der Waals surface area contributed by atoms with E-state index in [0.29, 0.717) is 31.4 Å². The van der Waals surface area contributed by atoms with Crippen LogP contribution < -0.4 is 0 Å². The Morgan fingerprint density at radius 3 is 2.50 bits per heavy atom. The van der Waals surface area contributed by atoms with Crippen molar-refractivity contribution in [1.29, 1.82) is 0 Å². The van der Waals surface area contributed by atoms with E-state index >= 15 is 4.39 Å². The van der Waals surface area contributed by atoms with Gasteiger partial charge in [0.2, 0.25) is 5.91 Å². The molecule has 4 aromatic rings. The van der Waals surface area contributed by atoms with E-state index in [1.807, 2.05) is 49.3 Å². The number of hydrogen-bond donors (Lipinski definition) is 1. The van der Waals surface area contributed by atoms with E-state index in [4.69, 9.17) is 0 Å². The molecule has 0 saturated heterocycles. The van der Waals surface area contributed by atoms with Crippen LogP contribution in [0.4, 0.5) is 13.2 Å². The fourth-order valence-electron chi connectivity index (χ4n) is 7.03. The molecule has 3 unspecified atom stereocenters. The highest BCUT2D eigenvalue weighted by Gasteiger charge is 2.57. The maximum atomic E-state index is 16.9. The largest absolute Gasteiger partial charge is 0.356 e. The molecule has 40 heavy (non-hydrogen) atoms. The van der Waals surface area contributed by atoms with Crippen molar-refractivity contribution in [3.8, 4) is 0 Å². The first kappa shape index (κ1) is 26.4. The van der Waals surface area contributed by atoms with E-state index in [2.05, 4.69) is 4.98 Å². The van der Waals surface area contributed by atoms with Crippen molar-refractivity contribution in [3.63, 3.8) is 0 Å². The second-order valence-electron chi connectivity index (χ2n) is 11.2. The topological polar surface area (TPSA) is 39.3 Å². The first-order chi connectivity index (χ1) is 19.2. The van der Waals surface area contributed by atoms with Gasteiger partial charge in [-0.25, -0.2) is 13.2 Å². The summed E-state index contributed by atoms with van der Waals surface area (Å²) in [6, 6.07) is 20.3. The summed E-state index contributed by atoms with van der Waals surface area (Å²) >= 11 is 0. The van der Waals surface area contributed by atoms with E-state index in [0.717, 1.165) is 27.7 Å². The fourth-order valence-corrected chi connectivity index (χ4v) is 7.03. The maximum Gasteiger partial charge on any atom is 0.247 e. The minimum Gasteiger partial charge on any atom is -0.356 e. The molecule has 1 aliphatic carbocycles. The number of halogens is 3. The normalized spacial score (nSPS) is 24.8. The minimum atomic E-state index is -1.42. The number of carbonyl (C=O) groups is 1. The lowest BCUT2D eigenvalue weighted by Gasteiger charge is -2.56.